The maximum absolute atomic E-state index is 11.7. The summed E-state index contributed by atoms with van der Waals surface area (Å²) in [5, 5.41) is 4.24. The third kappa shape index (κ3) is 8.36. The SMILES string of the molecule is COC(=O)CC1CCN(Cc2cc(Oc3cnc(NCc4ccncc4)nc3)nc(-c3cc(Cl)cc(Cl)c3)c2)CC1. The van der Waals surface area contributed by atoms with Crippen molar-refractivity contribution in [3.05, 3.63) is 88.4 Å². The smallest absolute Gasteiger partial charge is 0.305 e. The average molecular weight is 594 g/mol. The average Bonchev–Trinajstić information content (AvgIpc) is 2.98. The number of methoxy groups -OCH3 is 1. The second-order valence-corrected chi connectivity index (χ2v) is 10.8. The molecule has 1 saturated heterocycles. The number of aromatic nitrogens is 4. The summed E-state index contributed by atoms with van der Waals surface area (Å²) in [5.41, 5.74) is 3.59. The molecule has 1 fully saturated rings. The molecule has 0 radical (unpaired) electrons. The van der Waals surface area contributed by atoms with E-state index in [0.29, 0.717) is 58.7 Å². The monoisotopic (exact) mass is 592 g/mol. The van der Waals surface area contributed by atoms with Gasteiger partial charge in [0.15, 0.2) is 5.75 Å². The number of nitrogens with zero attached hydrogens (tertiary/aromatic N) is 5. The lowest BCUT2D eigenvalue weighted by Crippen LogP contribution is -2.34. The summed E-state index contributed by atoms with van der Waals surface area (Å²) in [5.74, 6) is 1.56. The summed E-state index contributed by atoms with van der Waals surface area (Å²) in [6.45, 7) is 3.07. The molecule has 4 heterocycles. The lowest BCUT2D eigenvalue weighted by atomic mass is 9.93. The van der Waals surface area contributed by atoms with Crippen molar-refractivity contribution in [2.75, 3.05) is 25.5 Å². The van der Waals surface area contributed by atoms with Gasteiger partial charge in [-0.1, -0.05) is 23.2 Å². The van der Waals surface area contributed by atoms with Crippen molar-refractivity contribution in [2.45, 2.75) is 32.4 Å². The van der Waals surface area contributed by atoms with E-state index in [-0.39, 0.29) is 5.97 Å². The van der Waals surface area contributed by atoms with Crippen LogP contribution in [0.15, 0.2) is 67.3 Å². The van der Waals surface area contributed by atoms with Crippen LogP contribution in [-0.2, 0) is 22.6 Å². The van der Waals surface area contributed by atoms with Gasteiger partial charge in [-0.2, -0.15) is 0 Å². The molecule has 0 aliphatic carbocycles. The lowest BCUT2D eigenvalue weighted by Gasteiger charge is -2.31. The Morgan fingerprint density at radius 2 is 1.71 bits per heavy atom. The second kappa shape index (κ2) is 13.7. The van der Waals surface area contributed by atoms with Crippen molar-refractivity contribution in [1.29, 1.82) is 0 Å². The fourth-order valence-electron chi connectivity index (χ4n) is 4.74. The van der Waals surface area contributed by atoms with E-state index >= 15 is 0 Å². The summed E-state index contributed by atoms with van der Waals surface area (Å²) in [7, 11) is 1.44. The van der Waals surface area contributed by atoms with Crippen molar-refractivity contribution in [1.82, 2.24) is 24.8 Å². The summed E-state index contributed by atoms with van der Waals surface area (Å²) in [4.78, 5) is 31.6. The predicted octanol–water partition coefficient (Wildman–Crippen LogP) is 6.42. The number of carbonyl (C=O) groups is 1. The van der Waals surface area contributed by atoms with Gasteiger partial charge in [0.2, 0.25) is 11.8 Å². The molecule has 0 atom stereocenters. The van der Waals surface area contributed by atoms with E-state index in [2.05, 4.69) is 25.2 Å². The zero-order chi connectivity index (χ0) is 28.6. The molecule has 0 unspecified atom stereocenters. The molecule has 4 aromatic rings. The number of rotatable bonds is 10. The molecule has 11 heteroatoms. The van der Waals surface area contributed by atoms with Gasteiger partial charge in [-0.3, -0.25) is 14.7 Å². The molecular weight excluding hydrogens is 563 g/mol. The van der Waals surface area contributed by atoms with Crippen LogP contribution in [0.3, 0.4) is 0 Å². The van der Waals surface area contributed by atoms with Crippen molar-refractivity contribution < 1.29 is 14.3 Å². The Bertz CT molecular complexity index is 1450. The van der Waals surface area contributed by atoms with Gasteiger partial charge < -0.3 is 14.8 Å². The summed E-state index contributed by atoms with van der Waals surface area (Å²) >= 11 is 12.6. The van der Waals surface area contributed by atoms with Crippen LogP contribution in [0.2, 0.25) is 10.0 Å². The van der Waals surface area contributed by atoms with Crippen LogP contribution in [0.1, 0.15) is 30.4 Å². The van der Waals surface area contributed by atoms with Gasteiger partial charge in [0.25, 0.3) is 0 Å². The number of hydrogen-bond acceptors (Lipinski definition) is 9. The number of esters is 1. The van der Waals surface area contributed by atoms with Gasteiger partial charge in [-0.05, 0) is 79.4 Å². The van der Waals surface area contributed by atoms with E-state index in [1.54, 1.807) is 30.9 Å². The minimum Gasteiger partial charge on any atom is -0.469 e. The van der Waals surface area contributed by atoms with Crippen LogP contribution < -0.4 is 10.1 Å². The number of halogens is 2. The van der Waals surface area contributed by atoms with Crippen LogP contribution in [0.4, 0.5) is 5.95 Å². The Kier molecular flexibility index (Phi) is 9.61. The standard InChI is InChI=1S/C30H30Cl2N6O3/c1-40-29(39)12-20-4-8-38(9-5-20)19-22-10-27(23-13-24(31)15-25(32)14-23)37-28(11-22)41-26-17-35-30(36-18-26)34-16-21-2-6-33-7-3-21/h2-3,6-7,10-11,13-15,17-18,20H,4-5,8-9,12,16,19H2,1H3,(H,34,35,36). The molecule has 1 aliphatic rings. The first kappa shape index (κ1) is 28.7. The Morgan fingerprint density at radius 3 is 2.39 bits per heavy atom. The highest BCUT2D eigenvalue weighted by atomic mass is 35.5. The normalized spacial score (nSPS) is 14.0. The topological polar surface area (TPSA) is 102 Å². The summed E-state index contributed by atoms with van der Waals surface area (Å²) in [6.07, 6.45) is 9.07. The fraction of sp³-hybridized carbons (Fsp3) is 0.300. The number of pyridine rings is 2. The molecule has 0 bridgehead atoms. The fourth-order valence-corrected chi connectivity index (χ4v) is 5.27. The van der Waals surface area contributed by atoms with Crippen molar-refractivity contribution >= 4 is 35.1 Å². The van der Waals surface area contributed by atoms with E-state index in [1.807, 2.05) is 36.4 Å². The maximum Gasteiger partial charge on any atom is 0.305 e. The Labute approximate surface area is 248 Å². The molecule has 5 rings (SSSR count). The lowest BCUT2D eigenvalue weighted by molar-refractivity contribution is -0.142. The Morgan fingerprint density at radius 1 is 1.00 bits per heavy atom. The minimum absolute atomic E-state index is 0.147. The van der Waals surface area contributed by atoms with E-state index in [0.717, 1.165) is 42.6 Å². The van der Waals surface area contributed by atoms with Crippen molar-refractivity contribution in [3.63, 3.8) is 0 Å². The number of nitrogens with one attached hydrogen (secondary N) is 1. The van der Waals surface area contributed by atoms with Crippen molar-refractivity contribution in [2.24, 2.45) is 5.92 Å². The van der Waals surface area contributed by atoms with Gasteiger partial charge >= 0.3 is 5.97 Å². The Hall–Kier alpha value is -3.79. The molecule has 1 N–H and O–H groups in total. The first-order valence-electron chi connectivity index (χ1n) is 13.3. The van der Waals surface area contributed by atoms with Crippen LogP contribution in [0.25, 0.3) is 11.3 Å². The van der Waals surface area contributed by atoms with Gasteiger partial charge in [0.1, 0.15) is 0 Å². The molecular formula is C30H30Cl2N6O3. The number of hydrogen-bond donors (Lipinski definition) is 1. The van der Waals surface area contributed by atoms with Crippen molar-refractivity contribution in [3.8, 4) is 22.9 Å². The van der Waals surface area contributed by atoms with Gasteiger partial charge in [0.05, 0.1) is 25.2 Å². The van der Waals surface area contributed by atoms with Crippen LogP contribution in [0.5, 0.6) is 11.6 Å². The molecule has 0 spiro atoms. The zero-order valence-electron chi connectivity index (χ0n) is 22.6. The molecule has 1 aliphatic heterocycles. The largest absolute Gasteiger partial charge is 0.469 e. The third-order valence-corrected chi connectivity index (χ3v) is 7.30. The van der Waals surface area contributed by atoms with Crippen LogP contribution in [0, 0.1) is 5.92 Å². The van der Waals surface area contributed by atoms with E-state index in [9.17, 15) is 4.79 Å². The Balaban J connectivity index is 1.31. The highest BCUT2D eigenvalue weighted by molar-refractivity contribution is 6.35. The number of carbonyl (C=O) groups excluding carboxylic acids is 1. The van der Waals surface area contributed by atoms with E-state index in [1.165, 1.54) is 7.11 Å². The molecule has 3 aromatic heterocycles. The third-order valence-electron chi connectivity index (χ3n) is 6.87. The summed E-state index contributed by atoms with van der Waals surface area (Å²) < 4.78 is 11.0. The second-order valence-electron chi connectivity index (χ2n) is 9.91. The first-order chi connectivity index (χ1) is 19.9. The molecule has 212 valence electrons. The van der Waals surface area contributed by atoms with Crippen LogP contribution in [-0.4, -0.2) is 51.0 Å². The highest BCUT2D eigenvalue weighted by Crippen LogP contribution is 2.31. The first-order valence-corrected chi connectivity index (χ1v) is 14.1. The molecule has 41 heavy (non-hydrogen) atoms. The molecule has 9 nitrogen and oxygen atoms in total. The molecule has 0 amide bonds. The number of piperidine rings is 1. The van der Waals surface area contributed by atoms with Gasteiger partial charge in [-0.15, -0.1) is 0 Å². The zero-order valence-corrected chi connectivity index (χ0v) is 24.1. The van der Waals surface area contributed by atoms with Gasteiger partial charge in [0, 0.05) is 53.6 Å². The number of ether oxygens (including phenoxy) is 2. The van der Waals surface area contributed by atoms with Gasteiger partial charge in [-0.25, -0.2) is 15.0 Å². The highest BCUT2D eigenvalue weighted by Gasteiger charge is 2.22. The predicted molar refractivity (Wildman–Crippen MR) is 158 cm³/mol. The van der Waals surface area contributed by atoms with E-state index in [4.69, 9.17) is 37.7 Å². The minimum atomic E-state index is -0.147. The quantitative estimate of drug-likeness (QED) is 0.209. The van der Waals surface area contributed by atoms with E-state index < -0.39 is 0 Å². The number of anilines is 1. The number of likely N-dealkylation sites (tertiary alicyclic amines) is 1. The molecule has 1 aromatic carbocycles. The summed E-state index contributed by atoms with van der Waals surface area (Å²) in [6, 6.07) is 13.1. The molecule has 0 saturated carbocycles. The number of benzene rings is 1. The maximum atomic E-state index is 11.7. The van der Waals surface area contributed by atoms with Crippen LogP contribution >= 0.6 is 23.2 Å².